The van der Waals surface area contributed by atoms with Crippen LogP contribution in [0.15, 0.2) is 55.3 Å². The number of anilines is 5. The van der Waals surface area contributed by atoms with Crippen molar-refractivity contribution in [3.8, 4) is 5.75 Å². The van der Waals surface area contributed by atoms with Gasteiger partial charge in [-0.15, -0.1) is 0 Å². The fourth-order valence-corrected chi connectivity index (χ4v) is 4.51. The molecule has 1 aromatic heterocycles. The van der Waals surface area contributed by atoms with Crippen molar-refractivity contribution in [2.45, 2.75) is 25.7 Å². The Bertz CT molecular complexity index is 1260. The Labute approximate surface area is 216 Å². The van der Waals surface area contributed by atoms with Gasteiger partial charge in [-0.3, -0.25) is 4.79 Å². The van der Waals surface area contributed by atoms with E-state index >= 15 is 0 Å². The van der Waals surface area contributed by atoms with Crippen LogP contribution in [0, 0.1) is 6.92 Å². The smallest absolute Gasteiger partial charge is 0.247 e. The number of hydrogen-bond acceptors (Lipinski definition) is 7. The van der Waals surface area contributed by atoms with Crippen LogP contribution in [-0.2, 0) is 4.79 Å². The van der Waals surface area contributed by atoms with Gasteiger partial charge in [-0.25, -0.2) is 4.98 Å². The summed E-state index contributed by atoms with van der Waals surface area (Å²) < 4.78 is 5.72. The van der Waals surface area contributed by atoms with E-state index in [-0.39, 0.29) is 5.91 Å². The molecule has 1 aliphatic rings. The zero-order chi connectivity index (χ0) is 25.7. The summed E-state index contributed by atoms with van der Waals surface area (Å²) in [5, 5.41) is 9.56. The Morgan fingerprint density at radius 3 is 2.67 bits per heavy atom. The highest BCUT2D eigenvalue weighted by molar-refractivity contribution is 6.32. The molecule has 1 saturated heterocycles. The average Bonchev–Trinajstić information content (AvgIpc) is 2.87. The number of aromatic nitrogens is 2. The first-order chi connectivity index (χ1) is 17.4. The van der Waals surface area contributed by atoms with Crippen LogP contribution < -0.4 is 20.7 Å². The fraction of sp³-hybridized carbons (Fsp3) is 0.296. The number of carbonyl (C=O) groups excluding carboxylic acids is 1. The minimum Gasteiger partial charge on any atom is -0.495 e. The summed E-state index contributed by atoms with van der Waals surface area (Å²) in [5.41, 5.74) is 4.65. The third kappa shape index (κ3) is 6.13. The maximum atomic E-state index is 11.6. The average molecular weight is 507 g/mol. The number of piperidine rings is 1. The molecule has 2 heterocycles. The number of halogens is 1. The van der Waals surface area contributed by atoms with Crippen molar-refractivity contribution in [3.05, 3.63) is 71.4 Å². The molecule has 3 aromatic rings. The van der Waals surface area contributed by atoms with E-state index < -0.39 is 0 Å². The molecule has 3 N–H and O–H groups in total. The largest absolute Gasteiger partial charge is 0.495 e. The number of ether oxygens (including phenoxy) is 1. The summed E-state index contributed by atoms with van der Waals surface area (Å²) >= 11 is 6.37. The molecule has 0 atom stereocenters. The summed E-state index contributed by atoms with van der Waals surface area (Å²) in [7, 11) is 3.84. The Balaban J connectivity index is 1.54. The zero-order valence-electron chi connectivity index (χ0n) is 20.8. The van der Waals surface area contributed by atoms with Gasteiger partial charge in [-0.2, -0.15) is 4.98 Å². The molecule has 0 unspecified atom stereocenters. The van der Waals surface area contributed by atoms with Crippen LogP contribution in [0.2, 0.25) is 5.02 Å². The maximum Gasteiger partial charge on any atom is 0.247 e. The van der Waals surface area contributed by atoms with E-state index in [1.165, 1.54) is 23.4 Å². The quantitative estimate of drug-likeness (QED) is 0.329. The minimum absolute atomic E-state index is 0.287. The lowest BCUT2D eigenvalue weighted by atomic mass is 9.86. The van der Waals surface area contributed by atoms with Gasteiger partial charge in [-0.1, -0.05) is 24.2 Å². The molecular formula is C27H31ClN6O2. The second-order valence-corrected chi connectivity index (χ2v) is 9.31. The second-order valence-electron chi connectivity index (χ2n) is 8.90. The van der Waals surface area contributed by atoms with Crippen LogP contribution in [0.25, 0.3) is 0 Å². The lowest BCUT2D eigenvalue weighted by Gasteiger charge is -2.30. The monoisotopic (exact) mass is 506 g/mol. The summed E-state index contributed by atoms with van der Waals surface area (Å²) in [6.45, 7) is 7.81. The molecule has 0 radical (unpaired) electrons. The topological polar surface area (TPSA) is 91.4 Å². The third-order valence-electron chi connectivity index (χ3n) is 6.32. The van der Waals surface area contributed by atoms with Crippen molar-refractivity contribution >= 4 is 46.3 Å². The highest BCUT2D eigenvalue weighted by atomic mass is 35.5. The number of amides is 1. The summed E-state index contributed by atoms with van der Waals surface area (Å²) in [4.78, 5) is 22.9. The van der Waals surface area contributed by atoms with Crippen LogP contribution >= 0.6 is 11.6 Å². The van der Waals surface area contributed by atoms with Gasteiger partial charge in [0.2, 0.25) is 11.9 Å². The lowest BCUT2D eigenvalue weighted by molar-refractivity contribution is -0.111. The number of likely N-dealkylation sites (tertiary alicyclic amines) is 1. The maximum absolute atomic E-state index is 11.6. The number of carbonyl (C=O) groups is 1. The van der Waals surface area contributed by atoms with Gasteiger partial charge in [0.25, 0.3) is 0 Å². The molecule has 8 nitrogen and oxygen atoms in total. The Morgan fingerprint density at radius 1 is 1.19 bits per heavy atom. The second kappa shape index (κ2) is 11.4. The molecule has 0 bridgehead atoms. The van der Waals surface area contributed by atoms with Gasteiger partial charge in [0.15, 0.2) is 5.82 Å². The molecule has 0 spiro atoms. The number of benzene rings is 2. The van der Waals surface area contributed by atoms with E-state index in [4.69, 9.17) is 16.3 Å². The molecule has 1 fully saturated rings. The van der Waals surface area contributed by atoms with Gasteiger partial charge in [-0.05, 0) is 93.4 Å². The number of aryl methyl sites for hydroxylation is 1. The van der Waals surface area contributed by atoms with E-state index in [9.17, 15) is 4.79 Å². The molecule has 0 saturated carbocycles. The number of methoxy groups -OCH3 is 1. The lowest BCUT2D eigenvalue weighted by Crippen LogP contribution is -2.29. The normalized spacial score (nSPS) is 14.2. The van der Waals surface area contributed by atoms with Crippen LogP contribution in [0.1, 0.15) is 29.9 Å². The standard InChI is InChI=1S/C27H31ClN6O2/c1-5-25(35)30-19-7-6-8-20(14-19)31-26-22(28)16-29-27(33-26)32-23-13-17(2)21(15-24(23)36-4)18-9-11-34(3)12-10-18/h5-8,13-16,18H,1,9-12H2,2-4H3,(H,30,35)(H2,29,31,32,33). The first kappa shape index (κ1) is 25.5. The van der Waals surface area contributed by atoms with Crippen LogP contribution in [0.4, 0.5) is 28.8 Å². The number of hydrogen-bond donors (Lipinski definition) is 3. The molecule has 2 aromatic carbocycles. The van der Waals surface area contributed by atoms with E-state index in [1.54, 1.807) is 19.2 Å². The molecule has 1 amide bonds. The van der Waals surface area contributed by atoms with Crippen molar-refractivity contribution in [3.63, 3.8) is 0 Å². The summed E-state index contributed by atoms with van der Waals surface area (Å²) in [6, 6.07) is 11.4. The predicted octanol–water partition coefficient (Wildman–Crippen LogP) is 5.87. The third-order valence-corrected chi connectivity index (χ3v) is 6.59. The van der Waals surface area contributed by atoms with E-state index in [1.807, 2.05) is 12.1 Å². The molecule has 1 aliphatic heterocycles. The summed E-state index contributed by atoms with van der Waals surface area (Å²) in [5.74, 6) is 1.79. The fourth-order valence-electron chi connectivity index (χ4n) is 4.37. The molecule has 188 valence electrons. The molecular weight excluding hydrogens is 476 g/mol. The highest BCUT2D eigenvalue weighted by Gasteiger charge is 2.22. The first-order valence-corrected chi connectivity index (χ1v) is 12.2. The first-order valence-electron chi connectivity index (χ1n) is 11.8. The SMILES string of the molecule is C=CC(=O)Nc1cccc(Nc2nc(Nc3cc(C)c(C4CCN(C)CC4)cc3OC)ncc2Cl)c1. The highest BCUT2D eigenvalue weighted by Crippen LogP contribution is 2.37. The molecule has 9 heteroatoms. The van der Waals surface area contributed by atoms with Gasteiger partial charge >= 0.3 is 0 Å². The van der Waals surface area contributed by atoms with Crippen molar-refractivity contribution in [2.75, 3.05) is 43.2 Å². The zero-order valence-corrected chi connectivity index (χ0v) is 21.5. The summed E-state index contributed by atoms with van der Waals surface area (Å²) in [6.07, 6.45) is 5.03. The minimum atomic E-state index is -0.287. The van der Waals surface area contributed by atoms with Crippen LogP contribution in [0.5, 0.6) is 5.75 Å². The number of nitrogens with one attached hydrogen (secondary N) is 3. The van der Waals surface area contributed by atoms with E-state index in [0.717, 1.165) is 37.4 Å². The van der Waals surface area contributed by atoms with E-state index in [2.05, 4.69) is 63.5 Å². The van der Waals surface area contributed by atoms with E-state index in [0.29, 0.717) is 34.1 Å². The van der Waals surface area contributed by atoms with Crippen molar-refractivity contribution < 1.29 is 9.53 Å². The van der Waals surface area contributed by atoms with Crippen molar-refractivity contribution in [2.24, 2.45) is 0 Å². The molecule has 4 rings (SSSR count). The molecule has 0 aliphatic carbocycles. The van der Waals surface area contributed by atoms with Crippen LogP contribution in [0.3, 0.4) is 0 Å². The van der Waals surface area contributed by atoms with Gasteiger partial charge in [0.05, 0.1) is 19.0 Å². The van der Waals surface area contributed by atoms with Crippen molar-refractivity contribution in [1.82, 2.24) is 14.9 Å². The van der Waals surface area contributed by atoms with Gasteiger partial charge < -0.3 is 25.6 Å². The van der Waals surface area contributed by atoms with Gasteiger partial charge in [0.1, 0.15) is 10.8 Å². The van der Waals surface area contributed by atoms with Crippen molar-refractivity contribution in [1.29, 1.82) is 0 Å². The van der Waals surface area contributed by atoms with Gasteiger partial charge in [0, 0.05) is 11.4 Å². The Morgan fingerprint density at radius 2 is 1.94 bits per heavy atom. The molecule has 36 heavy (non-hydrogen) atoms. The van der Waals surface area contributed by atoms with Crippen LogP contribution in [-0.4, -0.2) is 48.0 Å². The number of nitrogens with zero attached hydrogens (tertiary/aromatic N) is 3. The number of rotatable bonds is 8. The Kier molecular flexibility index (Phi) is 8.07. The predicted molar refractivity (Wildman–Crippen MR) is 146 cm³/mol. The Hall–Kier alpha value is -3.62.